The smallest absolute Gasteiger partial charge is 0.119 e. The highest BCUT2D eigenvalue weighted by molar-refractivity contribution is 5.75. The Labute approximate surface area is 193 Å². The molecule has 2 aromatic carbocycles. The topological polar surface area (TPSA) is 56.8 Å². The van der Waals surface area contributed by atoms with Crippen molar-refractivity contribution < 1.29 is 4.74 Å². The number of fused-ring (bicyclic) bond motifs is 3. The lowest BCUT2D eigenvalue weighted by Crippen LogP contribution is -2.44. The van der Waals surface area contributed by atoms with Gasteiger partial charge in [-0.2, -0.15) is 10.5 Å². The van der Waals surface area contributed by atoms with Gasteiger partial charge in [-0.25, -0.2) is 0 Å². The van der Waals surface area contributed by atoms with Gasteiger partial charge in [0, 0.05) is 5.56 Å². The molecule has 5 rings (SSSR count). The van der Waals surface area contributed by atoms with Crippen LogP contribution in [0.2, 0.25) is 0 Å². The zero-order valence-electron chi connectivity index (χ0n) is 19.5. The minimum atomic E-state index is 0.0704. The highest BCUT2D eigenvalue weighted by Gasteiger charge is 2.49. The van der Waals surface area contributed by atoms with Crippen LogP contribution in [0.4, 0.5) is 0 Å². The molecular weight excluding hydrogens is 392 g/mol. The predicted octanol–water partition coefficient (Wildman–Crippen LogP) is 7.67. The van der Waals surface area contributed by atoms with E-state index in [1.807, 2.05) is 24.3 Å². The Morgan fingerprint density at radius 3 is 2.03 bits per heavy atom. The summed E-state index contributed by atoms with van der Waals surface area (Å²) < 4.78 is 5.69. The van der Waals surface area contributed by atoms with Crippen molar-refractivity contribution in [2.24, 2.45) is 5.41 Å². The quantitative estimate of drug-likeness (QED) is 0.435. The first-order valence-corrected chi connectivity index (χ1v) is 12.3. The third-order valence-electron chi connectivity index (χ3n) is 8.10. The summed E-state index contributed by atoms with van der Waals surface area (Å²) in [4.78, 5) is 0. The molecule has 0 radical (unpaired) electrons. The lowest BCUT2D eigenvalue weighted by atomic mass is 9.50. The SMILES string of the molecule is CCCCC12CCC(c3ccc(-c4ccc(OCCC)cc4)c(C#N)c3C#N)(CC1)CC2. The lowest BCUT2D eigenvalue weighted by molar-refractivity contribution is 0.0307. The molecule has 0 unspecified atom stereocenters. The summed E-state index contributed by atoms with van der Waals surface area (Å²) in [5.74, 6) is 0.834. The third kappa shape index (κ3) is 4.02. The van der Waals surface area contributed by atoms with Crippen molar-refractivity contribution in [3.8, 4) is 29.0 Å². The molecule has 2 aromatic rings. The minimum Gasteiger partial charge on any atom is -0.494 e. The van der Waals surface area contributed by atoms with Crippen LogP contribution in [0, 0.1) is 28.1 Å². The molecule has 3 aliphatic rings. The second kappa shape index (κ2) is 9.38. The van der Waals surface area contributed by atoms with Crippen LogP contribution in [0.15, 0.2) is 36.4 Å². The number of hydrogen-bond donors (Lipinski definition) is 0. The van der Waals surface area contributed by atoms with Gasteiger partial charge in [-0.15, -0.1) is 0 Å². The van der Waals surface area contributed by atoms with E-state index in [-0.39, 0.29) is 5.41 Å². The molecule has 0 saturated heterocycles. The van der Waals surface area contributed by atoms with E-state index < -0.39 is 0 Å². The van der Waals surface area contributed by atoms with Crippen LogP contribution < -0.4 is 4.74 Å². The molecule has 0 spiro atoms. The van der Waals surface area contributed by atoms with Gasteiger partial charge in [-0.05, 0) is 85.5 Å². The second-order valence-corrected chi connectivity index (χ2v) is 9.89. The first-order valence-electron chi connectivity index (χ1n) is 12.3. The molecular formula is C29H34N2O. The second-order valence-electron chi connectivity index (χ2n) is 9.89. The molecule has 0 N–H and O–H groups in total. The Kier molecular flexibility index (Phi) is 6.57. The number of nitriles is 2. The van der Waals surface area contributed by atoms with Crippen LogP contribution in [0.3, 0.4) is 0 Å². The van der Waals surface area contributed by atoms with Crippen molar-refractivity contribution in [3.05, 3.63) is 53.1 Å². The first-order chi connectivity index (χ1) is 15.6. The number of hydrogen-bond acceptors (Lipinski definition) is 3. The molecule has 0 amide bonds. The highest BCUT2D eigenvalue weighted by atomic mass is 16.5. The number of nitrogens with zero attached hydrogens (tertiary/aromatic N) is 2. The van der Waals surface area contributed by atoms with Crippen molar-refractivity contribution in [1.82, 2.24) is 0 Å². The third-order valence-corrected chi connectivity index (χ3v) is 8.10. The molecule has 3 fully saturated rings. The summed E-state index contributed by atoms with van der Waals surface area (Å²) in [5.41, 5.74) is 4.64. The predicted molar refractivity (Wildman–Crippen MR) is 128 cm³/mol. The van der Waals surface area contributed by atoms with Gasteiger partial charge < -0.3 is 4.74 Å². The summed E-state index contributed by atoms with van der Waals surface area (Å²) >= 11 is 0. The molecule has 3 aliphatic carbocycles. The van der Waals surface area contributed by atoms with E-state index in [0.29, 0.717) is 23.1 Å². The van der Waals surface area contributed by atoms with Crippen LogP contribution in [0.25, 0.3) is 11.1 Å². The monoisotopic (exact) mass is 426 g/mol. The van der Waals surface area contributed by atoms with Gasteiger partial charge in [0.05, 0.1) is 17.7 Å². The summed E-state index contributed by atoms with van der Waals surface area (Å²) in [6, 6.07) is 16.9. The van der Waals surface area contributed by atoms with Gasteiger partial charge in [0.25, 0.3) is 0 Å². The van der Waals surface area contributed by atoms with E-state index >= 15 is 0 Å². The van der Waals surface area contributed by atoms with E-state index in [0.717, 1.165) is 48.1 Å². The van der Waals surface area contributed by atoms with Crippen LogP contribution in [-0.4, -0.2) is 6.61 Å². The fraction of sp³-hybridized carbons (Fsp3) is 0.517. The van der Waals surface area contributed by atoms with Gasteiger partial charge in [0.1, 0.15) is 17.9 Å². The highest BCUT2D eigenvalue weighted by Crippen LogP contribution is 2.60. The van der Waals surface area contributed by atoms with Crippen LogP contribution >= 0.6 is 0 Å². The van der Waals surface area contributed by atoms with Crippen molar-refractivity contribution in [1.29, 1.82) is 10.5 Å². The zero-order chi connectivity index (χ0) is 22.6. The molecule has 0 aliphatic heterocycles. The normalized spacial score (nSPS) is 24.0. The molecule has 3 heteroatoms. The van der Waals surface area contributed by atoms with Gasteiger partial charge >= 0.3 is 0 Å². The summed E-state index contributed by atoms with van der Waals surface area (Å²) in [6.45, 7) is 5.06. The molecule has 32 heavy (non-hydrogen) atoms. The average molecular weight is 427 g/mol. The lowest BCUT2D eigenvalue weighted by Gasteiger charge is -2.54. The maximum absolute atomic E-state index is 10.1. The summed E-state index contributed by atoms with van der Waals surface area (Å²) in [7, 11) is 0. The fourth-order valence-corrected chi connectivity index (χ4v) is 6.06. The Morgan fingerprint density at radius 1 is 0.812 bits per heavy atom. The van der Waals surface area contributed by atoms with E-state index in [4.69, 9.17) is 4.74 Å². The van der Waals surface area contributed by atoms with Crippen molar-refractivity contribution in [2.75, 3.05) is 6.61 Å². The number of benzene rings is 2. The summed E-state index contributed by atoms with van der Waals surface area (Å²) in [5, 5.41) is 20.2. The van der Waals surface area contributed by atoms with Gasteiger partial charge in [-0.3, -0.25) is 0 Å². The molecule has 2 bridgehead atoms. The first kappa shape index (κ1) is 22.4. The molecule has 0 aromatic heterocycles. The molecule has 166 valence electrons. The van der Waals surface area contributed by atoms with Gasteiger partial charge in [0.15, 0.2) is 0 Å². The Bertz CT molecular complexity index is 1010. The van der Waals surface area contributed by atoms with Gasteiger partial charge in [-0.1, -0.05) is 51.0 Å². The van der Waals surface area contributed by atoms with E-state index in [1.54, 1.807) is 0 Å². The molecule has 0 heterocycles. The minimum absolute atomic E-state index is 0.0704. The largest absolute Gasteiger partial charge is 0.494 e. The van der Waals surface area contributed by atoms with Crippen molar-refractivity contribution in [2.45, 2.75) is 83.5 Å². The summed E-state index contributed by atoms with van der Waals surface area (Å²) in [6.07, 6.45) is 12.2. The van der Waals surface area contributed by atoms with E-state index in [1.165, 1.54) is 38.5 Å². The Hall–Kier alpha value is -2.78. The molecule has 0 atom stereocenters. The molecule has 3 saturated carbocycles. The maximum Gasteiger partial charge on any atom is 0.119 e. The van der Waals surface area contributed by atoms with E-state index in [2.05, 4.69) is 38.1 Å². The van der Waals surface area contributed by atoms with Crippen molar-refractivity contribution in [3.63, 3.8) is 0 Å². The zero-order valence-corrected chi connectivity index (χ0v) is 19.5. The van der Waals surface area contributed by atoms with Gasteiger partial charge in [0.2, 0.25) is 0 Å². The number of rotatable bonds is 8. The number of ether oxygens (including phenoxy) is 1. The maximum atomic E-state index is 10.1. The standard InChI is InChI=1S/C29H34N2O/c1-3-5-12-28-13-16-29(17-14-28,18-15-28)27-11-10-24(25(20-30)26(27)21-31)22-6-8-23(9-7-22)32-19-4-2/h6-11H,3-5,12-19H2,1-2H3. The Balaban J connectivity index is 1.65. The van der Waals surface area contributed by atoms with Crippen molar-refractivity contribution >= 4 is 0 Å². The average Bonchev–Trinajstić information content (AvgIpc) is 2.86. The van der Waals surface area contributed by atoms with Crippen LogP contribution in [-0.2, 0) is 5.41 Å². The molecule has 3 nitrogen and oxygen atoms in total. The Morgan fingerprint density at radius 2 is 1.47 bits per heavy atom. The fourth-order valence-electron chi connectivity index (χ4n) is 6.06. The van der Waals surface area contributed by atoms with Crippen LogP contribution in [0.5, 0.6) is 5.75 Å². The number of unbranched alkanes of at least 4 members (excludes halogenated alkanes) is 1. The van der Waals surface area contributed by atoms with Crippen LogP contribution in [0.1, 0.15) is 94.7 Å². The van der Waals surface area contributed by atoms with E-state index in [9.17, 15) is 10.5 Å².